The van der Waals surface area contributed by atoms with Gasteiger partial charge in [0.05, 0.1) is 24.3 Å². The van der Waals surface area contributed by atoms with E-state index in [9.17, 15) is 14.4 Å². The van der Waals surface area contributed by atoms with E-state index in [0.717, 1.165) is 71.0 Å². The number of likely N-dealkylation sites (tertiary alicyclic amines) is 2. The SMILES string of the molecule is CN1C(=O)c2ccccc2OCCCCC[C@H]2[C@@H]1CCCN2C(=O)CCN1CCC(C(N)=O)CC1. The number of ether oxygens (including phenoxy) is 1. The molecule has 8 nitrogen and oxygen atoms in total. The fourth-order valence-electron chi connectivity index (χ4n) is 5.91. The van der Waals surface area contributed by atoms with E-state index in [2.05, 4.69) is 9.80 Å². The summed E-state index contributed by atoms with van der Waals surface area (Å²) in [6.07, 6.45) is 7.71. The Kier molecular flexibility index (Phi) is 8.65. The third-order valence-corrected chi connectivity index (χ3v) is 8.03. The van der Waals surface area contributed by atoms with Crippen molar-refractivity contribution in [3.8, 4) is 5.75 Å². The lowest BCUT2D eigenvalue weighted by Gasteiger charge is -2.45. The standard InChI is InChI=1S/C27H40N4O4/c1-29-22-10-7-15-31(25(32)14-18-30-16-12-20(13-17-30)26(28)33)23(22)9-3-2-6-19-35-24-11-5-4-8-21(24)27(29)34/h4-5,8,11,20,22-23H,2-3,6-7,9-10,12-19H2,1H3,(H2,28,33)/t22-,23-/m0/s1. The van der Waals surface area contributed by atoms with Crippen LogP contribution in [-0.2, 0) is 9.59 Å². The van der Waals surface area contributed by atoms with Gasteiger partial charge >= 0.3 is 0 Å². The Hall–Kier alpha value is -2.61. The molecule has 0 radical (unpaired) electrons. The van der Waals surface area contributed by atoms with Crippen LogP contribution in [0.3, 0.4) is 0 Å². The average molecular weight is 485 g/mol. The number of piperidine rings is 2. The molecule has 4 rings (SSSR count). The molecule has 1 aromatic rings. The molecule has 8 heteroatoms. The predicted molar refractivity (Wildman–Crippen MR) is 134 cm³/mol. The van der Waals surface area contributed by atoms with Crippen molar-refractivity contribution in [1.82, 2.24) is 14.7 Å². The minimum absolute atomic E-state index is 0.000931. The molecule has 2 N–H and O–H groups in total. The van der Waals surface area contributed by atoms with E-state index in [4.69, 9.17) is 10.5 Å². The van der Waals surface area contributed by atoms with Gasteiger partial charge in [-0.1, -0.05) is 18.6 Å². The van der Waals surface area contributed by atoms with Gasteiger partial charge in [-0.25, -0.2) is 0 Å². The molecule has 0 saturated carbocycles. The molecule has 192 valence electrons. The minimum Gasteiger partial charge on any atom is -0.493 e. The first-order valence-corrected chi connectivity index (χ1v) is 13.3. The Morgan fingerprint density at radius 3 is 2.49 bits per heavy atom. The van der Waals surface area contributed by atoms with Crippen LogP contribution in [0, 0.1) is 5.92 Å². The highest BCUT2D eigenvalue weighted by atomic mass is 16.5. The monoisotopic (exact) mass is 484 g/mol. The number of carbonyl (C=O) groups excluding carboxylic acids is 3. The van der Waals surface area contributed by atoms with E-state index in [1.165, 1.54) is 0 Å². The van der Waals surface area contributed by atoms with Gasteiger partial charge in [-0.2, -0.15) is 0 Å². The summed E-state index contributed by atoms with van der Waals surface area (Å²) >= 11 is 0. The number of primary amides is 1. The molecule has 3 amide bonds. The van der Waals surface area contributed by atoms with Crippen molar-refractivity contribution in [2.45, 2.75) is 69.9 Å². The number of hydrogen-bond donors (Lipinski definition) is 1. The fraction of sp³-hybridized carbons (Fsp3) is 0.667. The first-order chi connectivity index (χ1) is 17.0. The van der Waals surface area contributed by atoms with Crippen LogP contribution < -0.4 is 10.5 Å². The van der Waals surface area contributed by atoms with Crippen LogP contribution in [-0.4, -0.2) is 84.3 Å². The lowest BCUT2D eigenvalue weighted by molar-refractivity contribution is -0.137. The average Bonchev–Trinajstić information content (AvgIpc) is 2.88. The number of nitrogens with zero attached hydrogens (tertiary/aromatic N) is 3. The smallest absolute Gasteiger partial charge is 0.257 e. The molecule has 2 saturated heterocycles. The van der Waals surface area contributed by atoms with Gasteiger partial charge in [-0.15, -0.1) is 0 Å². The van der Waals surface area contributed by atoms with E-state index in [-0.39, 0.29) is 35.7 Å². The third kappa shape index (κ3) is 6.15. The topological polar surface area (TPSA) is 96.2 Å². The van der Waals surface area contributed by atoms with Gasteiger partial charge in [0.25, 0.3) is 5.91 Å². The summed E-state index contributed by atoms with van der Waals surface area (Å²) in [5.74, 6) is 0.529. The number of benzene rings is 1. The van der Waals surface area contributed by atoms with E-state index in [0.29, 0.717) is 30.9 Å². The second-order valence-electron chi connectivity index (χ2n) is 10.2. The largest absolute Gasteiger partial charge is 0.493 e. The van der Waals surface area contributed by atoms with Crippen molar-refractivity contribution in [2.24, 2.45) is 11.7 Å². The summed E-state index contributed by atoms with van der Waals surface area (Å²) in [7, 11) is 1.87. The maximum Gasteiger partial charge on any atom is 0.257 e. The van der Waals surface area contributed by atoms with Crippen LogP contribution in [0.2, 0.25) is 0 Å². The molecule has 3 aliphatic rings. The van der Waals surface area contributed by atoms with Crippen LogP contribution in [0.15, 0.2) is 24.3 Å². The summed E-state index contributed by atoms with van der Waals surface area (Å²) < 4.78 is 5.94. The van der Waals surface area contributed by atoms with E-state index < -0.39 is 0 Å². The Bertz CT molecular complexity index is 899. The van der Waals surface area contributed by atoms with Crippen LogP contribution >= 0.6 is 0 Å². The number of carbonyl (C=O) groups is 3. The zero-order valence-corrected chi connectivity index (χ0v) is 21.0. The van der Waals surface area contributed by atoms with Gasteiger partial charge in [0.15, 0.2) is 0 Å². The van der Waals surface area contributed by atoms with Crippen LogP contribution in [0.25, 0.3) is 0 Å². The molecular weight excluding hydrogens is 444 g/mol. The number of amides is 3. The predicted octanol–water partition coefficient (Wildman–Crippen LogP) is 2.66. The third-order valence-electron chi connectivity index (χ3n) is 8.03. The highest BCUT2D eigenvalue weighted by Crippen LogP contribution is 2.30. The molecule has 1 aromatic carbocycles. The van der Waals surface area contributed by atoms with Gasteiger partial charge in [-0.3, -0.25) is 14.4 Å². The molecule has 35 heavy (non-hydrogen) atoms. The van der Waals surface area contributed by atoms with Crippen molar-refractivity contribution in [2.75, 3.05) is 39.8 Å². The van der Waals surface area contributed by atoms with E-state index in [1.54, 1.807) is 0 Å². The highest BCUT2D eigenvalue weighted by molar-refractivity contribution is 5.97. The zero-order chi connectivity index (χ0) is 24.8. The van der Waals surface area contributed by atoms with Gasteiger partial charge < -0.3 is 25.2 Å². The molecule has 0 spiro atoms. The zero-order valence-electron chi connectivity index (χ0n) is 21.0. The summed E-state index contributed by atoms with van der Waals surface area (Å²) in [4.78, 5) is 44.5. The normalized spacial score (nSPS) is 25.0. The van der Waals surface area contributed by atoms with Crippen LogP contribution in [0.1, 0.15) is 68.1 Å². The lowest BCUT2D eigenvalue weighted by Crippen LogP contribution is -2.57. The summed E-state index contributed by atoms with van der Waals surface area (Å²) in [5, 5.41) is 0. The van der Waals surface area contributed by atoms with Crippen molar-refractivity contribution < 1.29 is 19.1 Å². The number of likely N-dealkylation sites (N-methyl/N-ethyl adjacent to an activating group) is 1. The second kappa shape index (κ2) is 11.9. The minimum atomic E-state index is -0.213. The summed E-state index contributed by atoms with van der Waals surface area (Å²) in [6, 6.07) is 7.52. The van der Waals surface area contributed by atoms with E-state index in [1.807, 2.05) is 36.2 Å². The van der Waals surface area contributed by atoms with Gasteiger partial charge in [0.2, 0.25) is 11.8 Å². The number of para-hydroxylation sites is 1. The molecule has 3 heterocycles. The molecule has 3 aliphatic heterocycles. The van der Waals surface area contributed by atoms with Crippen molar-refractivity contribution >= 4 is 17.7 Å². The fourth-order valence-corrected chi connectivity index (χ4v) is 5.91. The maximum atomic E-state index is 13.5. The second-order valence-corrected chi connectivity index (χ2v) is 10.2. The van der Waals surface area contributed by atoms with Gasteiger partial charge in [0, 0.05) is 32.5 Å². The molecule has 0 aliphatic carbocycles. The molecular formula is C27H40N4O4. The van der Waals surface area contributed by atoms with E-state index >= 15 is 0 Å². The first kappa shape index (κ1) is 25.5. The Labute approximate surface area is 208 Å². The van der Waals surface area contributed by atoms with Gasteiger partial charge in [-0.05, 0) is 70.2 Å². The van der Waals surface area contributed by atoms with Crippen LogP contribution in [0.4, 0.5) is 0 Å². The first-order valence-electron chi connectivity index (χ1n) is 13.3. The van der Waals surface area contributed by atoms with Crippen molar-refractivity contribution in [1.29, 1.82) is 0 Å². The number of hydrogen-bond acceptors (Lipinski definition) is 5. The Balaban J connectivity index is 1.44. The molecule has 0 aromatic heterocycles. The quantitative estimate of drug-likeness (QED) is 0.709. The molecule has 2 fully saturated rings. The van der Waals surface area contributed by atoms with Crippen molar-refractivity contribution in [3.63, 3.8) is 0 Å². The molecule has 0 bridgehead atoms. The number of nitrogens with two attached hydrogens (primary N) is 1. The van der Waals surface area contributed by atoms with Gasteiger partial charge in [0.1, 0.15) is 5.75 Å². The Morgan fingerprint density at radius 1 is 0.971 bits per heavy atom. The maximum absolute atomic E-state index is 13.5. The molecule has 2 atom stereocenters. The van der Waals surface area contributed by atoms with Crippen LogP contribution in [0.5, 0.6) is 5.75 Å². The highest BCUT2D eigenvalue weighted by Gasteiger charge is 2.38. The lowest BCUT2D eigenvalue weighted by atomic mass is 9.89. The number of fused-ring (bicyclic) bond motifs is 2. The Morgan fingerprint density at radius 2 is 1.71 bits per heavy atom. The summed E-state index contributed by atoms with van der Waals surface area (Å²) in [6.45, 7) is 3.68. The number of rotatable bonds is 4. The summed E-state index contributed by atoms with van der Waals surface area (Å²) in [5.41, 5.74) is 6.05. The molecule has 0 unspecified atom stereocenters. The van der Waals surface area contributed by atoms with Crippen molar-refractivity contribution in [3.05, 3.63) is 29.8 Å².